The summed E-state index contributed by atoms with van der Waals surface area (Å²) in [6.07, 6.45) is 0. The smallest absolute Gasteiger partial charge is 0.313 e. The quantitative estimate of drug-likeness (QED) is 0.698. The number of benzene rings is 1. The number of carbonyl (C=O) groups excluding carboxylic acids is 2. The van der Waals surface area contributed by atoms with E-state index in [-0.39, 0.29) is 12.2 Å². The van der Waals surface area contributed by atoms with Gasteiger partial charge in [0.15, 0.2) is 11.6 Å². The Kier molecular flexibility index (Phi) is 4.90. The van der Waals surface area contributed by atoms with Crippen LogP contribution in [0.15, 0.2) is 52.3 Å². The predicted octanol–water partition coefficient (Wildman–Crippen LogP) is 3.54. The van der Waals surface area contributed by atoms with Crippen LogP contribution < -0.4 is 10.6 Å². The molecular weight excluding hydrogens is 350 g/mol. The van der Waals surface area contributed by atoms with Crippen LogP contribution in [0, 0.1) is 11.6 Å². The molecule has 0 spiro atoms. The van der Waals surface area contributed by atoms with E-state index in [0.717, 1.165) is 23.1 Å². The Bertz CT molecular complexity index is 907. The Labute approximate surface area is 145 Å². The van der Waals surface area contributed by atoms with Gasteiger partial charge in [-0.1, -0.05) is 6.07 Å². The second-order valence-electron chi connectivity index (χ2n) is 5.01. The molecule has 128 valence electrons. The van der Waals surface area contributed by atoms with Crippen molar-refractivity contribution in [2.45, 2.75) is 6.54 Å². The van der Waals surface area contributed by atoms with Crippen LogP contribution in [0.25, 0.3) is 10.6 Å². The lowest BCUT2D eigenvalue weighted by Gasteiger charge is -2.06. The standard InChI is InChI=1S/C17H12F2N2O3S/c18-12-5-3-10(8-13(12)19)21-17(23)16(22)20-9-11-4-6-14(24-11)15-2-1-7-25-15/h1-8H,9H2,(H,20,22)(H,21,23). The lowest BCUT2D eigenvalue weighted by atomic mass is 10.3. The maximum atomic E-state index is 13.1. The highest BCUT2D eigenvalue weighted by atomic mass is 32.1. The summed E-state index contributed by atoms with van der Waals surface area (Å²) < 4.78 is 31.5. The summed E-state index contributed by atoms with van der Waals surface area (Å²) in [6, 6.07) is 10.1. The summed E-state index contributed by atoms with van der Waals surface area (Å²) in [5, 5.41) is 6.50. The van der Waals surface area contributed by atoms with Gasteiger partial charge < -0.3 is 15.1 Å². The molecule has 0 saturated heterocycles. The molecule has 0 atom stereocenters. The minimum absolute atomic E-state index is 0.0166. The van der Waals surface area contributed by atoms with Gasteiger partial charge in [0.25, 0.3) is 0 Å². The normalized spacial score (nSPS) is 10.5. The molecule has 8 heteroatoms. The molecule has 5 nitrogen and oxygen atoms in total. The molecule has 2 amide bonds. The van der Waals surface area contributed by atoms with E-state index in [1.165, 1.54) is 11.3 Å². The molecule has 3 aromatic rings. The molecule has 25 heavy (non-hydrogen) atoms. The van der Waals surface area contributed by atoms with Gasteiger partial charge in [-0.3, -0.25) is 9.59 Å². The van der Waals surface area contributed by atoms with Crippen LogP contribution in [0.4, 0.5) is 14.5 Å². The van der Waals surface area contributed by atoms with E-state index in [0.29, 0.717) is 11.5 Å². The largest absolute Gasteiger partial charge is 0.458 e. The third-order valence-electron chi connectivity index (χ3n) is 3.23. The third-order valence-corrected chi connectivity index (χ3v) is 4.12. The summed E-state index contributed by atoms with van der Waals surface area (Å²) in [4.78, 5) is 24.5. The van der Waals surface area contributed by atoms with Gasteiger partial charge in [-0.25, -0.2) is 8.78 Å². The Morgan fingerprint density at radius 1 is 1.04 bits per heavy atom. The van der Waals surface area contributed by atoms with Crippen molar-refractivity contribution in [2.24, 2.45) is 0 Å². The van der Waals surface area contributed by atoms with E-state index in [1.54, 1.807) is 12.1 Å². The van der Waals surface area contributed by atoms with E-state index in [4.69, 9.17) is 4.42 Å². The van der Waals surface area contributed by atoms with E-state index >= 15 is 0 Å². The molecular formula is C17H12F2N2O3S. The maximum Gasteiger partial charge on any atom is 0.313 e. The summed E-state index contributed by atoms with van der Waals surface area (Å²) in [7, 11) is 0. The molecule has 0 aliphatic carbocycles. The van der Waals surface area contributed by atoms with Gasteiger partial charge in [0.05, 0.1) is 11.4 Å². The highest BCUT2D eigenvalue weighted by Gasteiger charge is 2.15. The van der Waals surface area contributed by atoms with E-state index in [1.807, 2.05) is 17.5 Å². The predicted molar refractivity (Wildman–Crippen MR) is 88.9 cm³/mol. The molecule has 1 aromatic carbocycles. The van der Waals surface area contributed by atoms with E-state index in [9.17, 15) is 18.4 Å². The minimum atomic E-state index is -1.12. The maximum absolute atomic E-state index is 13.1. The molecule has 0 fully saturated rings. The van der Waals surface area contributed by atoms with Gasteiger partial charge in [0.2, 0.25) is 0 Å². The molecule has 0 aliphatic heterocycles. The van der Waals surface area contributed by atoms with Gasteiger partial charge in [-0.2, -0.15) is 0 Å². The monoisotopic (exact) mass is 362 g/mol. The zero-order valence-electron chi connectivity index (χ0n) is 12.7. The van der Waals surface area contributed by atoms with Gasteiger partial charge in [-0.05, 0) is 35.7 Å². The number of anilines is 1. The summed E-state index contributed by atoms with van der Waals surface area (Å²) >= 11 is 1.52. The fraction of sp³-hybridized carbons (Fsp3) is 0.0588. The van der Waals surface area contributed by atoms with E-state index in [2.05, 4.69) is 10.6 Å². The number of furan rings is 1. The van der Waals surface area contributed by atoms with Gasteiger partial charge in [-0.15, -0.1) is 11.3 Å². The molecule has 0 radical (unpaired) electrons. The first-order valence-corrected chi connectivity index (χ1v) is 8.08. The minimum Gasteiger partial charge on any atom is -0.458 e. The molecule has 2 heterocycles. The van der Waals surface area contributed by atoms with Crippen molar-refractivity contribution in [3.8, 4) is 10.6 Å². The molecule has 0 bridgehead atoms. The lowest BCUT2D eigenvalue weighted by Crippen LogP contribution is -2.34. The topological polar surface area (TPSA) is 71.3 Å². The number of hydrogen-bond donors (Lipinski definition) is 2. The van der Waals surface area contributed by atoms with Crippen molar-refractivity contribution in [1.82, 2.24) is 5.32 Å². The number of amides is 2. The number of nitrogens with one attached hydrogen (secondary N) is 2. The van der Waals surface area contributed by atoms with Crippen LogP contribution in [0.1, 0.15) is 5.76 Å². The van der Waals surface area contributed by atoms with Crippen molar-refractivity contribution >= 4 is 28.8 Å². The Balaban J connectivity index is 1.55. The number of carbonyl (C=O) groups is 2. The zero-order chi connectivity index (χ0) is 17.8. The summed E-state index contributed by atoms with van der Waals surface area (Å²) in [6.45, 7) is 0.0232. The van der Waals surface area contributed by atoms with Crippen molar-refractivity contribution in [1.29, 1.82) is 0 Å². The first-order chi connectivity index (χ1) is 12.0. The van der Waals surface area contributed by atoms with Crippen LogP contribution in [-0.2, 0) is 16.1 Å². The number of halogens is 2. The fourth-order valence-corrected chi connectivity index (χ4v) is 2.72. The van der Waals surface area contributed by atoms with Crippen LogP contribution in [0.3, 0.4) is 0 Å². The Morgan fingerprint density at radius 2 is 1.88 bits per heavy atom. The molecule has 0 unspecified atom stereocenters. The van der Waals surface area contributed by atoms with Crippen LogP contribution in [-0.4, -0.2) is 11.8 Å². The molecule has 2 aromatic heterocycles. The van der Waals surface area contributed by atoms with Gasteiger partial charge in [0.1, 0.15) is 11.5 Å². The van der Waals surface area contributed by atoms with Gasteiger partial charge in [0, 0.05) is 11.8 Å². The molecule has 3 rings (SSSR count). The molecule has 0 aliphatic rings. The Morgan fingerprint density at radius 3 is 2.60 bits per heavy atom. The van der Waals surface area contributed by atoms with Crippen molar-refractivity contribution < 1.29 is 22.8 Å². The second kappa shape index (κ2) is 7.27. The highest BCUT2D eigenvalue weighted by Crippen LogP contribution is 2.26. The van der Waals surface area contributed by atoms with Crippen LogP contribution in [0.5, 0.6) is 0 Å². The van der Waals surface area contributed by atoms with Crippen molar-refractivity contribution in [2.75, 3.05) is 5.32 Å². The summed E-state index contributed by atoms with van der Waals surface area (Å²) in [5.74, 6) is -2.91. The number of thiophene rings is 1. The Hall–Kier alpha value is -3.00. The average molecular weight is 362 g/mol. The highest BCUT2D eigenvalue weighted by molar-refractivity contribution is 7.13. The third kappa shape index (κ3) is 4.10. The van der Waals surface area contributed by atoms with Crippen molar-refractivity contribution in [3.05, 3.63) is 65.2 Å². The lowest BCUT2D eigenvalue weighted by molar-refractivity contribution is -0.136. The van der Waals surface area contributed by atoms with Crippen molar-refractivity contribution in [3.63, 3.8) is 0 Å². The molecule has 0 saturated carbocycles. The number of hydrogen-bond acceptors (Lipinski definition) is 4. The van der Waals surface area contributed by atoms with Crippen LogP contribution >= 0.6 is 11.3 Å². The first-order valence-electron chi connectivity index (χ1n) is 7.20. The number of rotatable bonds is 4. The zero-order valence-corrected chi connectivity index (χ0v) is 13.5. The fourth-order valence-electron chi connectivity index (χ4n) is 2.03. The van der Waals surface area contributed by atoms with Gasteiger partial charge >= 0.3 is 11.8 Å². The second-order valence-corrected chi connectivity index (χ2v) is 5.96. The summed E-state index contributed by atoms with van der Waals surface area (Å²) in [5.41, 5.74) is -0.0166. The van der Waals surface area contributed by atoms with Crippen LogP contribution in [0.2, 0.25) is 0 Å². The van der Waals surface area contributed by atoms with E-state index < -0.39 is 23.4 Å². The average Bonchev–Trinajstić information content (AvgIpc) is 3.26. The first kappa shape index (κ1) is 16.8. The molecule has 2 N–H and O–H groups in total. The SMILES string of the molecule is O=C(NCc1ccc(-c2cccs2)o1)C(=O)Nc1ccc(F)c(F)c1.